The van der Waals surface area contributed by atoms with Gasteiger partial charge in [-0.2, -0.15) is 0 Å². The SMILES string of the molecule is CC(C)c1ccccc1[C@@H]1CN(Cc2ccc(N3CCOCC3)cc2)CCN1C1CC2(C1)CN(c1ccc(C(=O)NS(=O)(=O)c3ccc(NCC4CCC(C)(O)CC4)c([N+](=O)[O-])c3)c(Oc3cnc4[nH]cc(F)c4c3)c1)C2. The van der Waals surface area contributed by atoms with E-state index in [1.807, 2.05) is 0 Å². The molecular formula is C58H68FN9O8S. The van der Waals surface area contributed by atoms with Crippen LogP contribution < -0.4 is 24.6 Å². The zero-order valence-electron chi connectivity index (χ0n) is 43.9. The number of fused-ring (bicyclic) bond motifs is 1. The van der Waals surface area contributed by atoms with Crippen LogP contribution in [0, 0.1) is 27.3 Å². The number of nitrogens with zero attached hydrogens (tertiary/aromatic N) is 6. The number of halogens is 1. The summed E-state index contributed by atoms with van der Waals surface area (Å²) in [6.07, 6.45) is 7.39. The Labute approximate surface area is 448 Å². The lowest BCUT2D eigenvalue weighted by Gasteiger charge is -2.63. The average molecular weight is 1070 g/mol. The number of H-pyrrole nitrogens is 1. The summed E-state index contributed by atoms with van der Waals surface area (Å²) >= 11 is 0. The van der Waals surface area contributed by atoms with Gasteiger partial charge in [-0.25, -0.2) is 22.5 Å². The van der Waals surface area contributed by atoms with Crippen LogP contribution in [-0.4, -0.2) is 121 Å². The molecule has 3 aliphatic heterocycles. The van der Waals surface area contributed by atoms with E-state index in [1.165, 1.54) is 59.0 Å². The summed E-state index contributed by atoms with van der Waals surface area (Å²) in [5.74, 6) is -0.855. The van der Waals surface area contributed by atoms with Gasteiger partial charge in [0.05, 0.1) is 45.8 Å². The Kier molecular flexibility index (Phi) is 14.5. The van der Waals surface area contributed by atoms with Gasteiger partial charge >= 0.3 is 0 Å². The Morgan fingerprint density at radius 1 is 0.961 bits per heavy atom. The summed E-state index contributed by atoms with van der Waals surface area (Å²) in [4.78, 5) is 42.3. The normalized spacial score (nSPS) is 22.2. The molecule has 19 heteroatoms. The van der Waals surface area contributed by atoms with Gasteiger partial charge in [0.2, 0.25) is 0 Å². The third-order valence-electron chi connectivity index (χ3n) is 16.8. The van der Waals surface area contributed by atoms with Crippen molar-refractivity contribution in [3.8, 4) is 11.5 Å². The third-order valence-corrected chi connectivity index (χ3v) is 18.1. The highest BCUT2D eigenvalue weighted by Crippen LogP contribution is 2.54. The molecule has 6 aromatic rings. The van der Waals surface area contributed by atoms with E-state index in [4.69, 9.17) is 9.47 Å². The number of hydrogen-bond donors (Lipinski definition) is 4. The number of benzene rings is 4. The van der Waals surface area contributed by atoms with Gasteiger partial charge in [0.25, 0.3) is 21.6 Å². The number of nitro groups is 1. The Balaban J connectivity index is 0.783. The lowest BCUT2D eigenvalue weighted by molar-refractivity contribution is -0.384. The minimum atomic E-state index is -4.65. The first kappa shape index (κ1) is 52.4. The minimum Gasteiger partial charge on any atom is -0.455 e. The van der Waals surface area contributed by atoms with Crippen molar-refractivity contribution >= 4 is 49.7 Å². The summed E-state index contributed by atoms with van der Waals surface area (Å²) in [6.45, 7) is 15.4. The molecule has 2 aliphatic carbocycles. The van der Waals surface area contributed by atoms with Gasteiger partial charge in [-0.1, -0.05) is 50.2 Å². The number of aromatic nitrogens is 2. The number of ether oxygens (including phenoxy) is 2. The van der Waals surface area contributed by atoms with Crippen LogP contribution in [0.3, 0.4) is 0 Å². The number of pyridine rings is 1. The molecule has 1 atom stereocenters. The van der Waals surface area contributed by atoms with Crippen LogP contribution in [0.2, 0.25) is 0 Å². The lowest BCUT2D eigenvalue weighted by atomic mass is 9.59. The fourth-order valence-electron chi connectivity index (χ4n) is 12.4. The molecule has 4 N–H and O–H groups in total. The summed E-state index contributed by atoms with van der Waals surface area (Å²) < 4.78 is 56.4. The van der Waals surface area contributed by atoms with Crippen molar-refractivity contribution in [3.63, 3.8) is 0 Å². The van der Waals surface area contributed by atoms with Gasteiger partial charge < -0.3 is 34.7 Å². The molecule has 0 radical (unpaired) electrons. The maximum Gasteiger partial charge on any atom is 0.293 e. The number of hydrogen-bond acceptors (Lipinski definition) is 14. The first-order valence-corrected chi connectivity index (χ1v) is 28.5. The Bertz CT molecular complexity index is 3250. The fraction of sp³-hybridized carbons (Fsp3) is 0.448. The molecule has 2 saturated carbocycles. The van der Waals surface area contributed by atoms with E-state index in [0.29, 0.717) is 37.0 Å². The molecule has 0 bridgehead atoms. The Hall–Kier alpha value is -6.64. The van der Waals surface area contributed by atoms with Crippen molar-refractivity contribution in [3.05, 3.63) is 142 Å². The molecule has 1 spiro atoms. The molecule has 17 nitrogen and oxygen atoms in total. The number of morpholine rings is 1. The zero-order valence-corrected chi connectivity index (χ0v) is 44.7. The number of aromatic amines is 1. The average Bonchev–Trinajstić information content (AvgIpc) is 3.90. The lowest BCUT2D eigenvalue weighted by Crippen LogP contribution is -2.68. The molecule has 5 heterocycles. The van der Waals surface area contributed by atoms with Crippen LogP contribution >= 0.6 is 0 Å². The Morgan fingerprint density at radius 2 is 1.70 bits per heavy atom. The van der Waals surface area contributed by atoms with Crippen molar-refractivity contribution in [1.82, 2.24) is 24.5 Å². The number of carbonyl (C=O) groups is 1. The van der Waals surface area contributed by atoms with Gasteiger partial charge in [0.1, 0.15) is 28.7 Å². The van der Waals surface area contributed by atoms with Gasteiger partial charge in [-0.15, -0.1) is 0 Å². The first-order chi connectivity index (χ1) is 37.0. The second kappa shape index (κ2) is 21.3. The number of aliphatic hydroxyl groups is 1. The second-order valence-electron chi connectivity index (χ2n) is 22.6. The predicted molar refractivity (Wildman–Crippen MR) is 294 cm³/mol. The van der Waals surface area contributed by atoms with E-state index in [-0.39, 0.29) is 45.5 Å². The fourth-order valence-corrected chi connectivity index (χ4v) is 13.4. The molecule has 0 unspecified atom stereocenters. The summed E-state index contributed by atoms with van der Waals surface area (Å²) in [5.41, 5.74) is 5.35. The largest absolute Gasteiger partial charge is 0.455 e. The molecule has 4 aromatic carbocycles. The highest BCUT2D eigenvalue weighted by molar-refractivity contribution is 7.90. The van der Waals surface area contributed by atoms with Crippen LogP contribution in [0.1, 0.15) is 98.3 Å². The maximum absolute atomic E-state index is 14.7. The molecule has 1 amide bonds. The van der Waals surface area contributed by atoms with Crippen molar-refractivity contribution in [2.75, 3.05) is 80.7 Å². The molecule has 5 fully saturated rings. The predicted octanol–water partition coefficient (Wildman–Crippen LogP) is 9.36. The van der Waals surface area contributed by atoms with Crippen LogP contribution in [0.25, 0.3) is 11.0 Å². The van der Waals surface area contributed by atoms with E-state index in [0.717, 1.165) is 103 Å². The molecule has 77 heavy (non-hydrogen) atoms. The number of rotatable bonds is 16. The number of anilines is 3. The van der Waals surface area contributed by atoms with Gasteiger partial charge in [-0.05, 0) is 116 Å². The topological polar surface area (TPSA) is 199 Å². The van der Waals surface area contributed by atoms with Crippen LogP contribution in [0.15, 0.2) is 108 Å². The van der Waals surface area contributed by atoms with E-state index in [1.54, 1.807) is 19.1 Å². The molecule has 5 aliphatic rings. The number of nitrogens with one attached hydrogen (secondary N) is 3. The minimum absolute atomic E-state index is 0.0204. The third kappa shape index (κ3) is 11.2. The zero-order chi connectivity index (χ0) is 53.6. The number of piperazine rings is 1. The highest BCUT2D eigenvalue weighted by Gasteiger charge is 2.55. The quantitative estimate of drug-likeness (QED) is 0.0528. The monoisotopic (exact) mass is 1070 g/mol. The van der Waals surface area contributed by atoms with Crippen molar-refractivity contribution in [2.24, 2.45) is 11.3 Å². The number of carbonyl (C=O) groups excluding carboxylic acids is 1. The number of nitro benzene ring substituents is 1. The molecule has 3 saturated heterocycles. The standard InChI is InChI=1S/C58H68FN9O8S/c1-38(2)46-6-4-5-7-47(46)53-35-64(34-40-8-10-41(11-9-40)65-22-24-75-25-23-65)20-21-67(53)43-29-58(30-43)36-66(37-58)42-12-14-48(54(26-42)76-44-27-49-50(59)33-62-55(49)61-32-44)56(69)63-77(73,74)45-13-15-51(52(28-45)68(71)72)60-31-39-16-18-57(3,70)19-17-39/h4-15,26-28,32-33,38-39,43,53,60,70H,16-25,29-31,34-37H2,1-3H3,(H,61,62)(H,63,69)/t39?,53-,57?/m0/s1. The molecule has 11 rings (SSSR count). The van der Waals surface area contributed by atoms with Crippen LogP contribution in [-0.2, 0) is 21.3 Å². The van der Waals surface area contributed by atoms with Crippen LogP contribution in [0.4, 0.5) is 27.1 Å². The van der Waals surface area contributed by atoms with Gasteiger partial charge in [0, 0.05) is 106 Å². The van der Waals surface area contributed by atoms with Crippen LogP contribution in [0.5, 0.6) is 11.5 Å². The molecule has 2 aromatic heterocycles. The Morgan fingerprint density at radius 3 is 2.44 bits per heavy atom. The maximum atomic E-state index is 14.7. The van der Waals surface area contributed by atoms with E-state index < -0.39 is 42.9 Å². The smallest absolute Gasteiger partial charge is 0.293 e. The summed E-state index contributed by atoms with van der Waals surface area (Å²) in [6, 6.07) is 28.5. The second-order valence-corrected chi connectivity index (χ2v) is 24.3. The van der Waals surface area contributed by atoms with E-state index in [9.17, 15) is 32.8 Å². The van der Waals surface area contributed by atoms with E-state index >= 15 is 0 Å². The number of amides is 1. The summed E-state index contributed by atoms with van der Waals surface area (Å²) in [7, 11) is -4.65. The number of sulfonamides is 1. The van der Waals surface area contributed by atoms with Crippen molar-refractivity contribution in [1.29, 1.82) is 0 Å². The molecule has 406 valence electrons. The molecular weight excluding hydrogens is 1000 g/mol. The van der Waals surface area contributed by atoms with Gasteiger partial charge in [-0.3, -0.25) is 24.7 Å². The van der Waals surface area contributed by atoms with Gasteiger partial charge in [0.15, 0.2) is 0 Å². The highest BCUT2D eigenvalue weighted by atomic mass is 32.2. The first-order valence-electron chi connectivity index (χ1n) is 27.0. The van der Waals surface area contributed by atoms with E-state index in [2.05, 4.69) is 102 Å². The van der Waals surface area contributed by atoms with Crippen molar-refractivity contribution in [2.45, 2.75) is 94.3 Å². The van der Waals surface area contributed by atoms with Crippen molar-refractivity contribution < 1.29 is 37.1 Å². The summed E-state index contributed by atoms with van der Waals surface area (Å²) in [5, 5.41) is 25.9.